The molecular weight excluding hydrogens is 320 g/mol. The highest BCUT2D eigenvalue weighted by molar-refractivity contribution is 7.18. The molecular formula is C18H24N2OSSi. The largest absolute Gasteiger partial charge is 0.414 e. The molecule has 1 aliphatic rings. The zero-order chi connectivity index (χ0) is 16.8. The van der Waals surface area contributed by atoms with Crippen LogP contribution in [0.5, 0.6) is 0 Å². The smallest absolute Gasteiger partial charge is 0.192 e. The highest BCUT2D eigenvalue weighted by Gasteiger charge is 2.43. The van der Waals surface area contributed by atoms with E-state index < -0.39 is 8.32 Å². The van der Waals surface area contributed by atoms with Gasteiger partial charge in [-0.2, -0.15) is 5.26 Å². The molecule has 1 aliphatic carbocycles. The van der Waals surface area contributed by atoms with Crippen LogP contribution in [0.1, 0.15) is 50.1 Å². The number of thiazole rings is 1. The number of aromatic nitrogens is 1. The molecule has 0 saturated heterocycles. The van der Waals surface area contributed by atoms with Crippen LogP contribution in [-0.2, 0) is 4.43 Å². The van der Waals surface area contributed by atoms with Crippen molar-refractivity contribution in [2.75, 3.05) is 0 Å². The maximum absolute atomic E-state index is 8.99. The summed E-state index contributed by atoms with van der Waals surface area (Å²) in [5.74, 6) is 0.521. The lowest BCUT2D eigenvalue weighted by Crippen LogP contribution is -2.47. The van der Waals surface area contributed by atoms with Gasteiger partial charge < -0.3 is 4.43 Å². The van der Waals surface area contributed by atoms with E-state index in [4.69, 9.17) is 14.7 Å². The first-order valence-corrected chi connectivity index (χ1v) is 11.9. The third-order valence-electron chi connectivity index (χ3n) is 5.24. The Labute approximate surface area is 143 Å². The Morgan fingerprint density at radius 3 is 2.61 bits per heavy atom. The summed E-state index contributed by atoms with van der Waals surface area (Å²) in [6.45, 7) is 11.5. The molecule has 1 heterocycles. The molecule has 0 unspecified atom stereocenters. The first kappa shape index (κ1) is 16.6. The SMILES string of the molecule is CC(C)(C)[Si](C)(C)OC1CC(c2nc3cc(C#N)ccc3s2)C1. The Morgan fingerprint density at radius 2 is 2.00 bits per heavy atom. The quantitative estimate of drug-likeness (QED) is 0.697. The molecule has 1 aromatic heterocycles. The summed E-state index contributed by atoms with van der Waals surface area (Å²) in [7, 11) is -1.67. The van der Waals surface area contributed by atoms with Gasteiger partial charge in [0.1, 0.15) is 0 Å². The van der Waals surface area contributed by atoms with Crippen LogP contribution in [0.2, 0.25) is 18.1 Å². The standard InChI is InChI=1S/C18H24N2OSSi/c1-18(2,3)23(4,5)21-14-9-13(10-14)17-20-15-8-12(11-19)6-7-16(15)22-17/h6-8,13-14H,9-10H2,1-5H3. The molecule has 0 amide bonds. The second-order valence-electron chi connectivity index (χ2n) is 8.01. The Kier molecular flexibility index (Phi) is 4.12. The summed E-state index contributed by atoms with van der Waals surface area (Å²) < 4.78 is 7.65. The van der Waals surface area contributed by atoms with Crippen LogP contribution in [0.15, 0.2) is 18.2 Å². The first-order valence-electron chi connectivity index (χ1n) is 8.18. The predicted octanol–water partition coefficient (Wildman–Crippen LogP) is 5.44. The Balaban J connectivity index is 1.67. The molecule has 2 aromatic rings. The second-order valence-corrected chi connectivity index (χ2v) is 13.8. The first-order chi connectivity index (χ1) is 10.7. The molecule has 122 valence electrons. The van der Waals surface area contributed by atoms with E-state index >= 15 is 0 Å². The molecule has 5 heteroatoms. The van der Waals surface area contributed by atoms with E-state index in [1.165, 1.54) is 9.71 Å². The minimum absolute atomic E-state index is 0.266. The van der Waals surface area contributed by atoms with Gasteiger partial charge in [0, 0.05) is 12.0 Å². The Morgan fingerprint density at radius 1 is 1.30 bits per heavy atom. The van der Waals surface area contributed by atoms with Crippen LogP contribution in [0.4, 0.5) is 0 Å². The van der Waals surface area contributed by atoms with Gasteiger partial charge in [-0.25, -0.2) is 4.98 Å². The molecule has 0 atom stereocenters. The summed E-state index contributed by atoms with van der Waals surface area (Å²) >= 11 is 1.76. The fourth-order valence-corrected chi connectivity index (χ4v) is 5.10. The minimum atomic E-state index is -1.67. The van der Waals surface area contributed by atoms with Gasteiger partial charge in [-0.05, 0) is 49.2 Å². The highest BCUT2D eigenvalue weighted by Crippen LogP contribution is 2.46. The lowest BCUT2D eigenvalue weighted by molar-refractivity contribution is 0.0841. The van der Waals surface area contributed by atoms with E-state index in [2.05, 4.69) is 39.9 Å². The van der Waals surface area contributed by atoms with Crippen molar-refractivity contribution in [2.45, 2.75) is 63.8 Å². The lowest BCUT2D eigenvalue weighted by Gasteiger charge is -2.44. The normalized spacial score (nSPS) is 21.9. The number of hydrogen-bond acceptors (Lipinski definition) is 4. The third kappa shape index (κ3) is 3.21. The fraction of sp³-hybridized carbons (Fsp3) is 0.556. The van der Waals surface area contributed by atoms with Crippen LogP contribution < -0.4 is 0 Å². The number of hydrogen-bond donors (Lipinski definition) is 0. The van der Waals surface area contributed by atoms with E-state index in [-0.39, 0.29) is 5.04 Å². The number of rotatable bonds is 3. The summed E-state index contributed by atoms with van der Waals surface area (Å²) in [6, 6.07) is 7.95. The van der Waals surface area contributed by atoms with Crippen molar-refractivity contribution < 1.29 is 4.43 Å². The molecule has 3 rings (SSSR count). The van der Waals surface area contributed by atoms with Crippen molar-refractivity contribution in [1.82, 2.24) is 4.98 Å². The van der Waals surface area contributed by atoms with Gasteiger partial charge >= 0.3 is 0 Å². The molecule has 23 heavy (non-hydrogen) atoms. The number of fused-ring (bicyclic) bond motifs is 1. The van der Waals surface area contributed by atoms with Gasteiger partial charge in [-0.3, -0.25) is 0 Å². The van der Waals surface area contributed by atoms with E-state index in [1.54, 1.807) is 11.3 Å². The van der Waals surface area contributed by atoms with Gasteiger partial charge in [0.05, 0.1) is 26.9 Å². The van der Waals surface area contributed by atoms with Crippen molar-refractivity contribution in [3.63, 3.8) is 0 Å². The zero-order valence-corrected chi connectivity index (χ0v) is 16.3. The van der Waals surface area contributed by atoms with E-state index in [1.807, 2.05) is 18.2 Å². The summed E-state index contributed by atoms with van der Waals surface area (Å²) in [6.07, 6.45) is 2.55. The van der Waals surface area contributed by atoms with Crippen molar-refractivity contribution in [1.29, 1.82) is 5.26 Å². The highest BCUT2D eigenvalue weighted by atomic mass is 32.1. The van der Waals surface area contributed by atoms with Crippen molar-refractivity contribution in [3.8, 4) is 6.07 Å². The fourth-order valence-electron chi connectivity index (χ4n) is 2.65. The van der Waals surface area contributed by atoms with Crippen molar-refractivity contribution >= 4 is 29.9 Å². The zero-order valence-electron chi connectivity index (χ0n) is 14.5. The maximum Gasteiger partial charge on any atom is 0.192 e. The number of nitriles is 1. The maximum atomic E-state index is 8.99. The molecule has 0 N–H and O–H groups in total. The van der Waals surface area contributed by atoms with Gasteiger partial charge in [0.15, 0.2) is 8.32 Å². The molecule has 1 saturated carbocycles. The van der Waals surface area contributed by atoms with Gasteiger partial charge in [0.25, 0.3) is 0 Å². The van der Waals surface area contributed by atoms with E-state index in [0.717, 1.165) is 18.4 Å². The Hall–Kier alpha value is -1.22. The average molecular weight is 345 g/mol. The van der Waals surface area contributed by atoms with Crippen LogP contribution in [0.25, 0.3) is 10.2 Å². The predicted molar refractivity (Wildman–Crippen MR) is 98.4 cm³/mol. The topological polar surface area (TPSA) is 45.9 Å². The van der Waals surface area contributed by atoms with Crippen LogP contribution >= 0.6 is 11.3 Å². The summed E-state index contributed by atoms with van der Waals surface area (Å²) in [5.41, 5.74) is 1.64. The average Bonchev–Trinajstić information content (AvgIpc) is 2.83. The molecule has 1 aromatic carbocycles. The van der Waals surface area contributed by atoms with Gasteiger partial charge in [0.2, 0.25) is 0 Å². The molecule has 0 spiro atoms. The van der Waals surface area contributed by atoms with Crippen LogP contribution in [-0.4, -0.2) is 19.4 Å². The molecule has 0 aliphatic heterocycles. The molecule has 3 nitrogen and oxygen atoms in total. The second kappa shape index (κ2) is 5.69. The summed E-state index contributed by atoms with van der Waals surface area (Å²) in [5, 5.41) is 10.5. The van der Waals surface area contributed by atoms with Crippen molar-refractivity contribution in [2.24, 2.45) is 0 Å². The van der Waals surface area contributed by atoms with Crippen molar-refractivity contribution in [3.05, 3.63) is 28.8 Å². The van der Waals surface area contributed by atoms with Crippen LogP contribution in [0, 0.1) is 11.3 Å². The molecule has 1 fully saturated rings. The monoisotopic (exact) mass is 344 g/mol. The third-order valence-corrected chi connectivity index (χ3v) is 11.0. The minimum Gasteiger partial charge on any atom is -0.414 e. The van der Waals surface area contributed by atoms with Crippen LogP contribution in [0.3, 0.4) is 0 Å². The molecule has 0 bridgehead atoms. The molecule has 0 radical (unpaired) electrons. The Bertz CT molecular complexity index is 763. The summed E-state index contributed by atoms with van der Waals surface area (Å²) in [4.78, 5) is 4.75. The lowest BCUT2D eigenvalue weighted by atomic mass is 9.83. The van der Waals surface area contributed by atoms with Gasteiger partial charge in [-0.1, -0.05) is 20.8 Å². The number of benzene rings is 1. The number of nitrogens with zero attached hydrogens (tertiary/aromatic N) is 2. The van der Waals surface area contributed by atoms with E-state index in [9.17, 15) is 0 Å². The van der Waals surface area contributed by atoms with Gasteiger partial charge in [-0.15, -0.1) is 11.3 Å². The van der Waals surface area contributed by atoms with E-state index in [0.29, 0.717) is 17.6 Å².